The fourth-order valence-corrected chi connectivity index (χ4v) is 3.18. The van der Waals surface area contributed by atoms with Gasteiger partial charge in [-0.25, -0.2) is 22.2 Å². The van der Waals surface area contributed by atoms with Gasteiger partial charge in [0.05, 0.1) is 6.26 Å². The summed E-state index contributed by atoms with van der Waals surface area (Å²) in [7, 11) is -0.0581. The van der Waals surface area contributed by atoms with Crippen molar-refractivity contribution in [2.75, 3.05) is 26.4 Å². The molecule has 2 heterocycles. The highest BCUT2D eigenvalue weighted by Gasteiger charge is 2.32. The molecule has 21 heavy (non-hydrogen) atoms. The van der Waals surface area contributed by atoms with Gasteiger partial charge in [0.25, 0.3) is 0 Å². The third kappa shape index (κ3) is 3.32. The van der Waals surface area contributed by atoms with Gasteiger partial charge in [-0.3, -0.25) is 9.36 Å². The lowest BCUT2D eigenvalue weighted by Gasteiger charge is -2.24. The van der Waals surface area contributed by atoms with E-state index in [4.69, 9.17) is 0 Å². The van der Waals surface area contributed by atoms with E-state index < -0.39 is 10.0 Å². The molecule has 1 aromatic rings. The maximum atomic E-state index is 12.2. The number of hydrogen-bond acceptors (Lipinski definition) is 5. The topological polar surface area (TPSA) is 97.5 Å². The molecule has 1 fully saturated rings. The highest BCUT2D eigenvalue weighted by molar-refractivity contribution is 7.88. The van der Waals surface area contributed by atoms with Gasteiger partial charge < -0.3 is 4.90 Å². The van der Waals surface area contributed by atoms with Gasteiger partial charge in [-0.1, -0.05) is 0 Å². The minimum absolute atomic E-state index is 0.147. The molecule has 0 N–H and O–H groups in total. The van der Waals surface area contributed by atoms with Gasteiger partial charge in [0.1, 0.15) is 12.9 Å². The normalized spacial score (nSPS) is 19.9. The fourth-order valence-electron chi connectivity index (χ4n) is 2.30. The van der Waals surface area contributed by atoms with Crippen molar-refractivity contribution in [2.45, 2.75) is 19.0 Å². The number of hydrogen-bond donors (Lipinski definition) is 0. The molecule has 1 unspecified atom stereocenters. The van der Waals surface area contributed by atoms with E-state index in [1.165, 1.54) is 20.1 Å². The van der Waals surface area contributed by atoms with E-state index in [-0.39, 0.29) is 30.7 Å². The predicted molar refractivity (Wildman–Crippen MR) is 75.1 cm³/mol. The van der Waals surface area contributed by atoms with E-state index in [0.717, 1.165) is 10.9 Å². The first kappa shape index (κ1) is 15.7. The van der Waals surface area contributed by atoms with Gasteiger partial charge >= 0.3 is 5.69 Å². The molecule has 10 heteroatoms. The lowest BCUT2D eigenvalue weighted by atomic mass is 10.2. The van der Waals surface area contributed by atoms with E-state index in [0.29, 0.717) is 13.0 Å². The minimum atomic E-state index is -3.23. The van der Waals surface area contributed by atoms with Gasteiger partial charge in [0, 0.05) is 33.2 Å². The quantitative estimate of drug-likeness (QED) is 0.644. The molecule has 0 spiro atoms. The summed E-state index contributed by atoms with van der Waals surface area (Å²) in [5, 5.41) is 3.83. The number of carbonyl (C=O) groups is 1. The van der Waals surface area contributed by atoms with Gasteiger partial charge in [0.2, 0.25) is 15.9 Å². The number of sulfonamides is 1. The second kappa shape index (κ2) is 5.60. The molecular weight excluding hydrogens is 298 g/mol. The number of carbonyl (C=O) groups excluding carboxylic acids is 1. The summed E-state index contributed by atoms with van der Waals surface area (Å²) in [4.78, 5) is 25.3. The van der Waals surface area contributed by atoms with Crippen LogP contribution in [0.2, 0.25) is 0 Å². The molecule has 9 nitrogen and oxygen atoms in total. The average Bonchev–Trinajstić information content (AvgIpc) is 3.00. The largest absolute Gasteiger partial charge is 0.345 e. The summed E-state index contributed by atoms with van der Waals surface area (Å²) >= 11 is 0. The molecule has 118 valence electrons. The van der Waals surface area contributed by atoms with Crippen LogP contribution in [0, 0.1) is 0 Å². The van der Waals surface area contributed by atoms with Crippen LogP contribution in [0.1, 0.15) is 6.42 Å². The van der Waals surface area contributed by atoms with Crippen LogP contribution in [0.5, 0.6) is 0 Å². The summed E-state index contributed by atoms with van der Waals surface area (Å²) in [5.41, 5.74) is -0.360. The van der Waals surface area contributed by atoms with E-state index >= 15 is 0 Å². The molecule has 0 radical (unpaired) electrons. The van der Waals surface area contributed by atoms with Crippen LogP contribution in [0.25, 0.3) is 0 Å². The number of likely N-dealkylation sites (N-methyl/N-ethyl adjacent to an activating group) is 1. The van der Waals surface area contributed by atoms with Crippen LogP contribution in [-0.2, 0) is 28.4 Å². The zero-order valence-corrected chi connectivity index (χ0v) is 13.1. The molecule has 1 saturated heterocycles. The lowest BCUT2D eigenvalue weighted by molar-refractivity contribution is -0.132. The Bertz CT molecular complexity index is 692. The second-order valence-corrected chi connectivity index (χ2v) is 7.23. The Kier molecular flexibility index (Phi) is 4.19. The molecule has 0 aliphatic carbocycles. The molecule has 1 aliphatic heterocycles. The zero-order chi connectivity index (χ0) is 15.8. The number of aromatic nitrogens is 3. The van der Waals surface area contributed by atoms with Crippen molar-refractivity contribution >= 4 is 15.9 Å². The second-order valence-electron chi connectivity index (χ2n) is 5.25. The molecular formula is C11H19N5O4S. The number of aryl methyl sites for hydroxylation is 1. The zero-order valence-electron chi connectivity index (χ0n) is 12.3. The van der Waals surface area contributed by atoms with E-state index in [9.17, 15) is 18.0 Å². The smallest absolute Gasteiger partial charge is 0.340 e. The molecule has 2 rings (SSSR count). The highest BCUT2D eigenvalue weighted by atomic mass is 32.2. The van der Waals surface area contributed by atoms with Gasteiger partial charge in [-0.2, -0.15) is 5.10 Å². The van der Waals surface area contributed by atoms with Crippen LogP contribution in [0.4, 0.5) is 0 Å². The summed E-state index contributed by atoms with van der Waals surface area (Å²) in [6.45, 7) is 0.550. The highest BCUT2D eigenvalue weighted by Crippen LogP contribution is 2.17. The molecule has 1 amide bonds. The van der Waals surface area contributed by atoms with Gasteiger partial charge in [-0.15, -0.1) is 0 Å². The van der Waals surface area contributed by atoms with Crippen LogP contribution in [-0.4, -0.2) is 70.3 Å². The molecule has 0 bridgehead atoms. The summed E-state index contributed by atoms with van der Waals surface area (Å²) in [6.07, 6.45) is 3.09. The van der Waals surface area contributed by atoms with Crippen LogP contribution in [0.15, 0.2) is 11.1 Å². The Hall–Kier alpha value is -1.68. The third-order valence-electron chi connectivity index (χ3n) is 3.71. The van der Waals surface area contributed by atoms with Crippen LogP contribution >= 0.6 is 0 Å². The van der Waals surface area contributed by atoms with Gasteiger partial charge in [-0.05, 0) is 6.42 Å². The predicted octanol–water partition coefficient (Wildman–Crippen LogP) is -1.93. The first-order valence-electron chi connectivity index (χ1n) is 6.49. The summed E-state index contributed by atoms with van der Waals surface area (Å²) < 4.78 is 26.7. The van der Waals surface area contributed by atoms with Crippen LogP contribution < -0.4 is 5.69 Å². The van der Waals surface area contributed by atoms with Gasteiger partial charge in [0.15, 0.2) is 0 Å². The Balaban J connectivity index is 2.01. The van der Waals surface area contributed by atoms with E-state index in [1.54, 1.807) is 14.1 Å². The molecule has 0 saturated carbocycles. The molecule has 0 aromatic carbocycles. The Labute approximate surface area is 122 Å². The van der Waals surface area contributed by atoms with Crippen molar-refractivity contribution in [2.24, 2.45) is 7.05 Å². The monoisotopic (exact) mass is 317 g/mol. The first-order chi connectivity index (χ1) is 9.70. The van der Waals surface area contributed by atoms with Crippen molar-refractivity contribution in [3.8, 4) is 0 Å². The van der Waals surface area contributed by atoms with Crippen molar-refractivity contribution in [3.63, 3.8) is 0 Å². The summed E-state index contributed by atoms with van der Waals surface area (Å²) in [5.74, 6) is -0.267. The Morgan fingerprint density at radius 1 is 1.52 bits per heavy atom. The Morgan fingerprint density at radius 3 is 2.67 bits per heavy atom. The van der Waals surface area contributed by atoms with Crippen molar-refractivity contribution in [1.82, 2.24) is 23.6 Å². The first-order valence-corrected chi connectivity index (χ1v) is 8.34. The number of amides is 1. The SMILES string of the molecule is CN(C(=O)Cn1ncn(C)c1=O)C1CCN(S(C)(=O)=O)C1. The number of nitrogens with zero attached hydrogens (tertiary/aromatic N) is 5. The van der Waals surface area contributed by atoms with E-state index in [2.05, 4.69) is 5.10 Å². The van der Waals surface area contributed by atoms with Crippen molar-refractivity contribution < 1.29 is 13.2 Å². The molecule has 1 aromatic heterocycles. The maximum Gasteiger partial charge on any atom is 0.345 e. The number of rotatable bonds is 4. The molecule has 1 aliphatic rings. The van der Waals surface area contributed by atoms with E-state index in [1.807, 2.05) is 0 Å². The minimum Gasteiger partial charge on any atom is -0.340 e. The summed E-state index contributed by atoms with van der Waals surface area (Å²) in [6, 6.07) is -0.174. The van der Waals surface area contributed by atoms with Crippen molar-refractivity contribution in [3.05, 3.63) is 16.8 Å². The standard InChI is InChI=1S/C11H19N5O4S/c1-13-8-12-16(11(13)18)7-10(17)14(2)9-4-5-15(6-9)21(3,19)20/h8-9H,4-7H2,1-3H3. The third-order valence-corrected chi connectivity index (χ3v) is 4.98. The Morgan fingerprint density at radius 2 is 2.19 bits per heavy atom. The lowest BCUT2D eigenvalue weighted by Crippen LogP contribution is -2.42. The van der Waals surface area contributed by atoms with Crippen molar-refractivity contribution in [1.29, 1.82) is 0 Å². The fraction of sp³-hybridized carbons (Fsp3) is 0.727. The average molecular weight is 317 g/mol. The molecule has 1 atom stereocenters. The maximum absolute atomic E-state index is 12.2. The van der Waals surface area contributed by atoms with Crippen LogP contribution in [0.3, 0.4) is 0 Å².